The Morgan fingerprint density at radius 2 is 1.94 bits per heavy atom. The summed E-state index contributed by atoms with van der Waals surface area (Å²) in [5.74, 6) is 0. The van der Waals surface area contributed by atoms with Crippen molar-refractivity contribution in [1.29, 1.82) is 0 Å². The van der Waals surface area contributed by atoms with Gasteiger partial charge in [0, 0.05) is 11.0 Å². The maximum atomic E-state index is 5.13. The summed E-state index contributed by atoms with van der Waals surface area (Å²) in [4.78, 5) is 4.59. The van der Waals surface area contributed by atoms with Crippen LogP contribution in [0.4, 0.5) is 0 Å². The molecule has 2 aromatic rings. The molecule has 77 valence electrons. The normalized spacial score (nSPS) is 14.6. The van der Waals surface area contributed by atoms with Gasteiger partial charge in [-0.25, -0.2) is 4.98 Å². The number of allylic oxidation sites excluding steroid dienone is 2. The molecule has 1 radical (unpaired) electrons. The fraction of sp³-hybridized carbons (Fsp3) is 0. The SMILES string of the molecule is [CH]1OC=CC=C1c1ccc2ccccc2n1. The van der Waals surface area contributed by atoms with Crippen molar-refractivity contribution >= 4 is 16.5 Å². The van der Waals surface area contributed by atoms with E-state index in [2.05, 4.69) is 17.1 Å². The second-order valence-electron chi connectivity index (χ2n) is 3.59. The summed E-state index contributed by atoms with van der Waals surface area (Å²) in [6, 6.07) is 12.2. The second-order valence-corrected chi connectivity index (χ2v) is 3.59. The van der Waals surface area contributed by atoms with Crippen LogP contribution in [0.2, 0.25) is 0 Å². The van der Waals surface area contributed by atoms with Crippen molar-refractivity contribution in [1.82, 2.24) is 4.98 Å². The molecule has 1 aromatic carbocycles. The standard InChI is InChI=1S/C14H10NO/c1-2-6-13-11(4-1)7-8-14(15-13)12-5-3-9-16-10-12/h1-10H. The number of hydrogen-bond acceptors (Lipinski definition) is 2. The fourth-order valence-corrected chi connectivity index (χ4v) is 1.71. The number of nitrogens with zero attached hydrogens (tertiary/aromatic N) is 1. The molecule has 0 unspecified atom stereocenters. The number of aromatic nitrogens is 1. The van der Waals surface area contributed by atoms with Gasteiger partial charge in [-0.15, -0.1) is 0 Å². The Morgan fingerprint density at radius 1 is 1.00 bits per heavy atom. The van der Waals surface area contributed by atoms with Crippen molar-refractivity contribution in [2.45, 2.75) is 0 Å². The lowest BCUT2D eigenvalue weighted by Crippen LogP contribution is -1.94. The van der Waals surface area contributed by atoms with Crippen molar-refractivity contribution in [2.24, 2.45) is 0 Å². The van der Waals surface area contributed by atoms with Crippen LogP contribution < -0.4 is 0 Å². The molecule has 0 saturated heterocycles. The van der Waals surface area contributed by atoms with Crippen molar-refractivity contribution in [3.63, 3.8) is 0 Å². The molecule has 0 saturated carbocycles. The predicted octanol–water partition coefficient (Wildman–Crippen LogP) is 3.32. The van der Waals surface area contributed by atoms with E-state index in [9.17, 15) is 0 Å². The van der Waals surface area contributed by atoms with Crippen LogP contribution in [0.5, 0.6) is 0 Å². The van der Waals surface area contributed by atoms with Crippen LogP contribution in [-0.2, 0) is 4.74 Å². The van der Waals surface area contributed by atoms with Gasteiger partial charge < -0.3 is 4.74 Å². The molecule has 0 atom stereocenters. The topological polar surface area (TPSA) is 22.1 Å². The minimum Gasteiger partial charge on any atom is -0.489 e. The van der Waals surface area contributed by atoms with E-state index in [0.717, 1.165) is 22.2 Å². The molecule has 2 heterocycles. The van der Waals surface area contributed by atoms with Crippen LogP contribution in [0.1, 0.15) is 5.69 Å². The van der Waals surface area contributed by atoms with E-state index in [1.165, 1.54) is 0 Å². The molecule has 0 spiro atoms. The van der Waals surface area contributed by atoms with Gasteiger partial charge in [-0.1, -0.05) is 24.3 Å². The van der Waals surface area contributed by atoms with Crippen LogP contribution in [0, 0.1) is 6.61 Å². The van der Waals surface area contributed by atoms with E-state index in [4.69, 9.17) is 4.74 Å². The first kappa shape index (κ1) is 9.16. The Balaban J connectivity index is 2.11. The van der Waals surface area contributed by atoms with Crippen LogP contribution in [0.3, 0.4) is 0 Å². The quantitative estimate of drug-likeness (QED) is 0.717. The first-order valence-corrected chi connectivity index (χ1v) is 5.15. The molecule has 16 heavy (non-hydrogen) atoms. The number of rotatable bonds is 1. The van der Waals surface area contributed by atoms with Gasteiger partial charge in [-0.2, -0.15) is 0 Å². The molecule has 0 fully saturated rings. The van der Waals surface area contributed by atoms with Gasteiger partial charge in [0.25, 0.3) is 0 Å². The number of benzene rings is 1. The van der Waals surface area contributed by atoms with Crippen LogP contribution in [0.25, 0.3) is 16.5 Å². The van der Waals surface area contributed by atoms with Gasteiger partial charge in [-0.3, -0.25) is 0 Å². The van der Waals surface area contributed by atoms with Crippen molar-refractivity contribution < 1.29 is 4.74 Å². The Hall–Kier alpha value is -2.09. The monoisotopic (exact) mass is 208 g/mol. The van der Waals surface area contributed by atoms with Gasteiger partial charge in [0.2, 0.25) is 0 Å². The third-order valence-corrected chi connectivity index (χ3v) is 2.52. The zero-order chi connectivity index (χ0) is 10.8. The van der Waals surface area contributed by atoms with E-state index in [1.807, 2.05) is 36.4 Å². The summed E-state index contributed by atoms with van der Waals surface area (Å²) in [5.41, 5.74) is 2.93. The van der Waals surface area contributed by atoms with E-state index >= 15 is 0 Å². The molecule has 2 heteroatoms. The number of para-hydroxylation sites is 1. The third kappa shape index (κ3) is 1.58. The van der Waals surface area contributed by atoms with Crippen molar-refractivity contribution in [3.05, 3.63) is 67.1 Å². The Morgan fingerprint density at radius 3 is 2.81 bits per heavy atom. The lowest BCUT2D eigenvalue weighted by atomic mass is 10.1. The fourth-order valence-electron chi connectivity index (χ4n) is 1.71. The van der Waals surface area contributed by atoms with Crippen LogP contribution in [-0.4, -0.2) is 4.98 Å². The molecular weight excluding hydrogens is 198 g/mol. The van der Waals surface area contributed by atoms with Gasteiger partial charge in [0.15, 0.2) is 6.61 Å². The molecule has 0 aliphatic carbocycles. The molecule has 0 N–H and O–H groups in total. The Labute approximate surface area is 93.9 Å². The van der Waals surface area contributed by atoms with E-state index in [-0.39, 0.29) is 0 Å². The smallest absolute Gasteiger partial charge is 0.166 e. The molecule has 1 aliphatic rings. The third-order valence-electron chi connectivity index (χ3n) is 2.52. The molecule has 0 bridgehead atoms. The summed E-state index contributed by atoms with van der Waals surface area (Å²) in [6.45, 7) is 1.71. The van der Waals surface area contributed by atoms with E-state index in [0.29, 0.717) is 0 Å². The Kier molecular flexibility index (Phi) is 2.18. The molecular formula is C14H10NO. The van der Waals surface area contributed by atoms with Gasteiger partial charge in [-0.05, 0) is 24.3 Å². The highest BCUT2D eigenvalue weighted by Gasteiger charge is 2.06. The minimum atomic E-state index is 0.933. The maximum Gasteiger partial charge on any atom is 0.166 e. The largest absolute Gasteiger partial charge is 0.489 e. The molecule has 2 nitrogen and oxygen atoms in total. The van der Waals surface area contributed by atoms with Gasteiger partial charge in [0.1, 0.15) is 0 Å². The van der Waals surface area contributed by atoms with Gasteiger partial charge >= 0.3 is 0 Å². The molecule has 1 aromatic heterocycles. The lowest BCUT2D eigenvalue weighted by molar-refractivity contribution is 0.359. The van der Waals surface area contributed by atoms with E-state index < -0.39 is 0 Å². The molecule has 0 amide bonds. The molecule has 1 aliphatic heterocycles. The number of fused-ring (bicyclic) bond motifs is 1. The average molecular weight is 208 g/mol. The maximum absolute atomic E-state index is 5.13. The van der Waals surface area contributed by atoms with Crippen molar-refractivity contribution in [2.75, 3.05) is 0 Å². The zero-order valence-corrected chi connectivity index (χ0v) is 8.63. The number of ether oxygens (including phenoxy) is 1. The average Bonchev–Trinajstić information content (AvgIpc) is 2.39. The van der Waals surface area contributed by atoms with E-state index in [1.54, 1.807) is 12.9 Å². The highest BCUT2D eigenvalue weighted by Crippen LogP contribution is 2.21. The number of hydrogen-bond donors (Lipinski definition) is 0. The zero-order valence-electron chi connectivity index (χ0n) is 8.63. The number of pyridine rings is 1. The Bertz CT molecular complexity index is 584. The first-order valence-electron chi connectivity index (χ1n) is 5.15. The summed E-state index contributed by atoms with van der Waals surface area (Å²) >= 11 is 0. The highest BCUT2D eigenvalue weighted by atomic mass is 16.5. The molecule has 3 rings (SSSR count). The van der Waals surface area contributed by atoms with Gasteiger partial charge in [0.05, 0.1) is 17.5 Å². The first-order chi connectivity index (χ1) is 7.93. The van der Waals surface area contributed by atoms with Crippen molar-refractivity contribution in [3.8, 4) is 0 Å². The second kappa shape index (κ2) is 3.81. The van der Waals surface area contributed by atoms with Crippen LogP contribution in [0.15, 0.2) is 54.8 Å². The summed E-state index contributed by atoms with van der Waals surface area (Å²) in [7, 11) is 0. The summed E-state index contributed by atoms with van der Waals surface area (Å²) < 4.78 is 5.13. The lowest BCUT2D eigenvalue weighted by Gasteiger charge is -2.09. The predicted molar refractivity (Wildman–Crippen MR) is 64.2 cm³/mol. The minimum absolute atomic E-state index is 0.933. The summed E-state index contributed by atoms with van der Waals surface area (Å²) in [6.07, 6.45) is 5.50. The summed E-state index contributed by atoms with van der Waals surface area (Å²) in [5, 5.41) is 1.15. The van der Waals surface area contributed by atoms with Crippen LogP contribution >= 0.6 is 0 Å². The highest BCUT2D eigenvalue weighted by molar-refractivity contribution is 5.82.